The molecule has 1 atom stereocenters. The van der Waals surface area contributed by atoms with E-state index in [2.05, 4.69) is 29.3 Å². The van der Waals surface area contributed by atoms with E-state index >= 15 is 0 Å². The summed E-state index contributed by atoms with van der Waals surface area (Å²) in [5.74, 6) is 0.821. The lowest BCUT2D eigenvalue weighted by molar-refractivity contribution is 0.0980. The fourth-order valence-corrected chi connectivity index (χ4v) is 3.66. The Hall–Kier alpha value is -1.69. The van der Waals surface area contributed by atoms with Crippen LogP contribution < -0.4 is 10.2 Å². The topological polar surface area (TPSA) is 50.3 Å². The molecule has 3 heterocycles. The number of rotatable bonds is 2. The Bertz CT molecular complexity index is 750. The second kappa shape index (κ2) is 7.28. The third kappa shape index (κ3) is 3.50. The molecule has 0 unspecified atom stereocenters. The molecule has 1 aromatic heterocycles. The van der Waals surface area contributed by atoms with E-state index < -0.39 is 0 Å². The Morgan fingerprint density at radius 1 is 1.16 bits per heavy atom. The molecule has 6 heteroatoms. The Labute approximate surface area is 153 Å². The van der Waals surface area contributed by atoms with Gasteiger partial charge in [0.05, 0.1) is 30.6 Å². The van der Waals surface area contributed by atoms with Crippen LogP contribution >= 0.6 is 11.6 Å². The number of anilines is 1. The van der Waals surface area contributed by atoms with Crippen molar-refractivity contribution in [3.05, 3.63) is 40.5 Å². The molecule has 0 spiro atoms. The average Bonchev–Trinajstić information content (AvgIpc) is 2.87. The number of aromatic nitrogens is 2. The number of nitrogens with one attached hydrogen (secondary N) is 1. The van der Waals surface area contributed by atoms with Gasteiger partial charge in [-0.05, 0) is 32.0 Å². The standard InChI is InChI=1S/C19H23ClN4O/c1-13-12-25-11-10-24(13)19-22-17-7-9-21-8-6-16(17)18(23-19)14-2-4-15(20)5-3-14/h2-5,13,21H,6-12H2,1H3/t13-/m0/s1. The minimum Gasteiger partial charge on any atom is -0.377 e. The lowest BCUT2D eigenvalue weighted by atomic mass is 10.0. The van der Waals surface area contributed by atoms with Crippen LogP contribution in [-0.4, -0.2) is 48.9 Å². The van der Waals surface area contributed by atoms with Crippen LogP contribution in [-0.2, 0) is 17.6 Å². The van der Waals surface area contributed by atoms with Crippen LogP contribution in [0.2, 0.25) is 5.02 Å². The Balaban J connectivity index is 1.82. The zero-order valence-corrected chi connectivity index (χ0v) is 15.2. The van der Waals surface area contributed by atoms with Crippen molar-refractivity contribution < 1.29 is 4.74 Å². The number of morpholine rings is 1. The molecule has 4 rings (SSSR count). The first-order valence-electron chi connectivity index (χ1n) is 8.93. The maximum Gasteiger partial charge on any atom is 0.226 e. The minimum absolute atomic E-state index is 0.286. The van der Waals surface area contributed by atoms with E-state index in [1.807, 2.05) is 12.1 Å². The monoisotopic (exact) mass is 358 g/mol. The summed E-state index contributed by atoms with van der Waals surface area (Å²) in [6.45, 7) is 6.36. The maximum atomic E-state index is 6.08. The molecule has 25 heavy (non-hydrogen) atoms. The van der Waals surface area contributed by atoms with Gasteiger partial charge in [-0.2, -0.15) is 0 Å². The Morgan fingerprint density at radius 3 is 2.76 bits per heavy atom. The van der Waals surface area contributed by atoms with Gasteiger partial charge in [-0.15, -0.1) is 0 Å². The third-order valence-corrected chi connectivity index (χ3v) is 5.17. The molecular weight excluding hydrogens is 336 g/mol. The van der Waals surface area contributed by atoms with Gasteiger partial charge in [0.2, 0.25) is 5.95 Å². The van der Waals surface area contributed by atoms with E-state index in [1.165, 1.54) is 11.3 Å². The van der Waals surface area contributed by atoms with Crippen LogP contribution in [0.15, 0.2) is 24.3 Å². The van der Waals surface area contributed by atoms with E-state index in [0.29, 0.717) is 0 Å². The van der Waals surface area contributed by atoms with Gasteiger partial charge in [-0.1, -0.05) is 23.7 Å². The number of ether oxygens (including phenoxy) is 1. The number of hydrogen-bond acceptors (Lipinski definition) is 5. The first-order valence-corrected chi connectivity index (χ1v) is 9.31. The smallest absolute Gasteiger partial charge is 0.226 e. The summed E-state index contributed by atoms with van der Waals surface area (Å²) in [6, 6.07) is 8.24. The summed E-state index contributed by atoms with van der Waals surface area (Å²) < 4.78 is 5.57. The van der Waals surface area contributed by atoms with E-state index in [9.17, 15) is 0 Å². The van der Waals surface area contributed by atoms with Crippen molar-refractivity contribution in [3.8, 4) is 11.3 Å². The van der Waals surface area contributed by atoms with E-state index in [1.54, 1.807) is 0 Å². The van der Waals surface area contributed by atoms with Gasteiger partial charge in [-0.25, -0.2) is 9.97 Å². The quantitative estimate of drug-likeness (QED) is 0.894. The number of benzene rings is 1. The van der Waals surface area contributed by atoms with Crippen molar-refractivity contribution in [2.75, 3.05) is 37.7 Å². The van der Waals surface area contributed by atoms with Gasteiger partial charge in [0.1, 0.15) is 0 Å². The van der Waals surface area contributed by atoms with Gasteiger partial charge in [-0.3, -0.25) is 0 Å². The molecule has 0 bridgehead atoms. The molecule has 2 aliphatic rings. The van der Waals surface area contributed by atoms with Crippen molar-refractivity contribution >= 4 is 17.5 Å². The highest BCUT2D eigenvalue weighted by molar-refractivity contribution is 6.30. The van der Waals surface area contributed by atoms with Gasteiger partial charge in [0.15, 0.2) is 0 Å². The summed E-state index contributed by atoms with van der Waals surface area (Å²) in [7, 11) is 0. The van der Waals surface area contributed by atoms with E-state index in [0.717, 1.165) is 67.9 Å². The predicted molar refractivity (Wildman–Crippen MR) is 100 cm³/mol. The molecule has 0 amide bonds. The molecule has 1 saturated heterocycles. The molecular formula is C19H23ClN4O. The second-order valence-electron chi connectivity index (χ2n) is 6.67. The zero-order chi connectivity index (χ0) is 17.2. The van der Waals surface area contributed by atoms with Gasteiger partial charge >= 0.3 is 0 Å². The molecule has 1 aromatic carbocycles. The highest BCUT2D eigenvalue weighted by atomic mass is 35.5. The molecule has 0 radical (unpaired) electrons. The molecule has 1 fully saturated rings. The van der Waals surface area contributed by atoms with Gasteiger partial charge in [0, 0.05) is 35.7 Å². The van der Waals surface area contributed by atoms with E-state index in [-0.39, 0.29) is 6.04 Å². The van der Waals surface area contributed by atoms with Crippen LogP contribution in [0, 0.1) is 0 Å². The Morgan fingerprint density at radius 2 is 1.96 bits per heavy atom. The highest BCUT2D eigenvalue weighted by Crippen LogP contribution is 2.29. The van der Waals surface area contributed by atoms with E-state index in [4.69, 9.17) is 26.3 Å². The number of nitrogens with zero attached hydrogens (tertiary/aromatic N) is 3. The SMILES string of the molecule is C[C@H]1COCCN1c1nc2c(c(-c3ccc(Cl)cc3)n1)CCNCC2. The summed E-state index contributed by atoms with van der Waals surface area (Å²) in [5, 5.41) is 4.21. The summed E-state index contributed by atoms with van der Waals surface area (Å²) in [4.78, 5) is 12.2. The number of hydrogen-bond donors (Lipinski definition) is 1. The van der Waals surface area contributed by atoms with Crippen LogP contribution in [0.1, 0.15) is 18.2 Å². The van der Waals surface area contributed by atoms with Crippen molar-refractivity contribution in [3.63, 3.8) is 0 Å². The molecule has 2 aliphatic heterocycles. The number of halogens is 1. The van der Waals surface area contributed by atoms with Crippen molar-refractivity contribution in [2.24, 2.45) is 0 Å². The first-order chi connectivity index (χ1) is 12.2. The van der Waals surface area contributed by atoms with Crippen molar-refractivity contribution in [1.82, 2.24) is 15.3 Å². The Kier molecular flexibility index (Phi) is 4.88. The lowest BCUT2D eigenvalue weighted by Gasteiger charge is -2.34. The lowest BCUT2D eigenvalue weighted by Crippen LogP contribution is -2.44. The number of fused-ring (bicyclic) bond motifs is 1. The molecule has 1 N–H and O–H groups in total. The predicted octanol–water partition coefficient (Wildman–Crippen LogP) is 2.71. The van der Waals surface area contributed by atoms with Crippen LogP contribution in [0.3, 0.4) is 0 Å². The second-order valence-corrected chi connectivity index (χ2v) is 7.11. The minimum atomic E-state index is 0.286. The summed E-state index contributed by atoms with van der Waals surface area (Å²) in [6.07, 6.45) is 1.89. The molecule has 2 aromatic rings. The van der Waals surface area contributed by atoms with Crippen LogP contribution in [0.5, 0.6) is 0 Å². The molecule has 132 valence electrons. The van der Waals surface area contributed by atoms with Crippen molar-refractivity contribution in [1.29, 1.82) is 0 Å². The maximum absolute atomic E-state index is 6.08. The third-order valence-electron chi connectivity index (χ3n) is 4.91. The first kappa shape index (κ1) is 16.8. The fourth-order valence-electron chi connectivity index (χ4n) is 3.53. The normalized spacial score (nSPS) is 20.9. The highest BCUT2D eigenvalue weighted by Gasteiger charge is 2.25. The largest absolute Gasteiger partial charge is 0.377 e. The van der Waals surface area contributed by atoms with Crippen molar-refractivity contribution in [2.45, 2.75) is 25.8 Å². The molecule has 0 aliphatic carbocycles. The zero-order valence-electron chi connectivity index (χ0n) is 14.5. The van der Waals surface area contributed by atoms with Gasteiger partial charge in [0.25, 0.3) is 0 Å². The molecule has 5 nitrogen and oxygen atoms in total. The van der Waals surface area contributed by atoms with Crippen LogP contribution in [0.25, 0.3) is 11.3 Å². The average molecular weight is 359 g/mol. The van der Waals surface area contributed by atoms with Gasteiger partial charge < -0.3 is 15.0 Å². The molecule has 0 saturated carbocycles. The van der Waals surface area contributed by atoms with Crippen LogP contribution in [0.4, 0.5) is 5.95 Å². The summed E-state index contributed by atoms with van der Waals surface area (Å²) in [5.41, 5.74) is 4.57. The summed E-state index contributed by atoms with van der Waals surface area (Å²) >= 11 is 6.08. The fraction of sp³-hybridized carbons (Fsp3) is 0.474.